The molecule has 13 nitrogen and oxygen atoms in total. The number of nitrogens with zero attached hydrogens (tertiary/aromatic N) is 6. The maximum atomic E-state index is 15.1. The topological polar surface area (TPSA) is 138 Å². The van der Waals surface area contributed by atoms with Crippen LogP contribution in [-0.4, -0.2) is 97.5 Å². The van der Waals surface area contributed by atoms with E-state index >= 15 is 4.79 Å². The van der Waals surface area contributed by atoms with Gasteiger partial charge in [-0.3, -0.25) is 19.5 Å². The number of rotatable bonds is 9. The maximum absolute atomic E-state index is 15.1. The lowest BCUT2D eigenvalue weighted by atomic mass is 9.93. The number of hydrogen-bond acceptors (Lipinski definition) is 9. The zero-order chi connectivity index (χ0) is 38.2. The molecule has 0 aliphatic carbocycles. The van der Waals surface area contributed by atoms with Crippen LogP contribution < -0.4 is 4.74 Å². The van der Waals surface area contributed by atoms with E-state index in [0.29, 0.717) is 43.9 Å². The van der Waals surface area contributed by atoms with Gasteiger partial charge in [0, 0.05) is 43.3 Å². The zero-order valence-corrected chi connectivity index (χ0v) is 32.5. The van der Waals surface area contributed by atoms with Crippen molar-refractivity contribution in [1.82, 2.24) is 24.3 Å². The molecule has 1 saturated heterocycles. The number of aromatic nitrogens is 1. The van der Waals surface area contributed by atoms with Gasteiger partial charge in [0.2, 0.25) is 0 Å². The van der Waals surface area contributed by atoms with E-state index in [1.807, 2.05) is 31.2 Å². The van der Waals surface area contributed by atoms with Gasteiger partial charge in [-0.05, 0) is 80.8 Å². The number of ether oxygens (including phenoxy) is 1. The molecular formula is C37H40Cl2N6O7S. The first-order valence-electron chi connectivity index (χ1n) is 17.0. The van der Waals surface area contributed by atoms with Crippen molar-refractivity contribution in [3.8, 4) is 5.75 Å². The van der Waals surface area contributed by atoms with E-state index in [-0.39, 0.29) is 55.5 Å². The summed E-state index contributed by atoms with van der Waals surface area (Å²) in [6, 6.07) is 15.8. The van der Waals surface area contributed by atoms with Crippen molar-refractivity contribution in [3.63, 3.8) is 0 Å². The van der Waals surface area contributed by atoms with Crippen LogP contribution in [0.15, 0.2) is 75.1 Å². The predicted molar refractivity (Wildman–Crippen MR) is 200 cm³/mol. The van der Waals surface area contributed by atoms with E-state index in [2.05, 4.69) is 5.16 Å². The molecule has 2 aliphatic rings. The Morgan fingerprint density at radius 1 is 0.925 bits per heavy atom. The number of amides is 3. The van der Waals surface area contributed by atoms with Gasteiger partial charge in [-0.25, -0.2) is 13.2 Å². The number of amidine groups is 1. The molecule has 16 heteroatoms. The number of aryl methyl sites for hydroxylation is 3. The molecule has 1 aromatic heterocycles. The fraction of sp³-hybridized carbons (Fsp3) is 0.351. The first-order valence-corrected chi connectivity index (χ1v) is 19.2. The molecular weight excluding hydrogens is 743 g/mol. The van der Waals surface area contributed by atoms with E-state index in [1.54, 1.807) is 65.8 Å². The van der Waals surface area contributed by atoms with Crippen molar-refractivity contribution in [3.05, 3.63) is 110 Å². The van der Waals surface area contributed by atoms with Crippen LogP contribution in [0.5, 0.6) is 5.75 Å². The quantitative estimate of drug-likeness (QED) is 0.173. The Balaban J connectivity index is 1.48. The Hall–Kier alpha value is -4.47. The summed E-state index contributed by atoms with van der Waals surface area (Å²) < 4.78 is 39.5. The third-order valence-electron chi connectivity index (χ3n) is 9.47. The standard InChI is InChI=1S/C37H40Cl2N6O7S/c1-7-51-30-20-22(2)31(53(48,49)42(5)50-6)21-29(30)35-40-33(25-8-12-27(38)13-9-25)34(26-10-14-28(39)15-11-26)45(35)37(47)44-18-16-43(17-19-44)36(46)32-23(3)41-52-24(32)4/h8-15,20-21,33-34H,7,16-19H2,1-6H3. The molecule has 3 heterocycles. The summed E-state index contributed by atoms with van der Waals surface area (Å²) in [4.78, 5) is 43.7. The van der Waals surface area contributed by atoms with Gasteiger partial charge in [0.05, 0.1) is 35.9 Å². The number of aliphatic imine (C=N–C) groups is 1. The van der Waals surface area contributed by atoms with E-state index in [0.717, 1.165) is 15.6 Å². The molecule has 3 amide bonds. The van der Waals surface area contributed by atoms with Gasteiger partial charge >= 0.3 is 6.03 Å². The molecule has 0 radical (unpaired) electrons. The number of sulfonamides is 1. The molecule has 0 saturated carbocycles. The molecule has 1 fully saturated rings. The van der Waals surface area contributed by atoms with E-state index in [4.69, 9.17) is 42.3 Å². The molecule has 4 aromatic rings. The van der Waals surface area contributed by atoms with Crippen molar-refractivity contribution < 1.29 is 32.1 Å². The highest BCUT2D eigenvalue weighted by Crippen LogP contribution is 2.46. The number of carbonyl (C=O) groups excluding carboxylic acids is 2. The third-order valence-corrected chi connectivity index (χ3v) is 11.8. The molecule has 6 rings (SSSR count). The predicted octanol–water partition coefficient (Wildman–Crippen LogP) is 6.61. The van der Waals surface area contributed by atoms with E-state index < -0.39 is 22.1 Å². The van der Waals surface area contributed by atoms with Crippen molar-refractivity contribution in [1.29, 1.82) is 0 Å². The Kier molecular flexibility index (Phi) is 11.2. The summed E-state index contributed by atoms with van der Waals surface area (Å²) in [5.41, 5.74) is 3.15. The second kappa shape index (κ2) is 15.5. The summed E-state index contributed by atoms with van der Waals surface area (Å²) in [5, 5.41) is 4.97. The lowest BCUT2D eigenvalue weighted by molar-refractivity contribution is -0.0259. The fourth-order valence-electron chi connectivity index (χ4n) is 6.68. The van der Waals surface area contributed by atoms with Crippen molar-refractivity contribution in [2.75, 3.05) is 46.9 Å². The monoisotopic (exact) mass is 782 g/mol. The number of benzene rings is 3. The Morgan fingerprint density at radius 3 is 2.06 bits per heavy atom. The largest absolute Gasteiger partial charge is 0.493 e. The Morgan fingerprint density at radius 2 is 1.51 bits per heavy atom. The number of carbonyl (C=O) groups is 2. The number of halogens is 2. The lowest BCUT2D eigenvalue weighted by Gasteiger charge is -2.39. The summed E-state index contributed by atoms with van der Waals surface area (Å²) in [5.74, 6) is 0.782. The second-order valence-corrected chi connectivity index (χ2v) is 15.5. The molecule has 3 aromatic carbocycles. The van der Waals surface area contributed by atoms with Crippen molar-refractivity contribution in [2.45, 2.75) is 44.7 Å². The van der Waals surface area contributed by atoms with Crippen molar-refractivity contribution in [2.24, 2.45) is 4.99 Å². The smallest absolute Gasteiger partial charge is 0.326 e. The van der Waals surface area contributed by atoms with Gasteiger partial charge in [-0.15, -0.1) is 0 Å². The van der Waals surface area contributed by atoms with Crippen LogP contribution in [0.1, 0.15) is 63.1 Å². The number of hydroxylamine groups is 1. The van der Waals surface area contributed by atoms with Gasteiger partial charge in [0.25, 0.3) is 15.9 Å². The van der Waals surface area contributed by atoms with E-state index in [1.165, 1.54) is 20.2 Å². The summed E-state index contributed by atoms with van der Waals surface area (Å²) in [6.07, 6.45) is 0. The van der Waals surface area contributed by atoms with Gasteiger partial charge in [0.1, 0.15) is 29.0 Å². The highest BCUT2D eigenvalue weighted by atomic mass is 35.5. The number of piperazine rings is 1. The normalized spacial score (nSPS) is 17.8. The van der Waals surface area contributed by atoms with Crippen LogP contribution in [0.4, 0.5) is 4.79 Å². The van der Waals surface area contributed by atoms with Gasteiger partial charge in [0.15, 0.2) is 0 Å². The summed E-state index contributed by atoms with van der Waals surface area (Å²) in [6.45, 7) is 8.14. The molecule has 0 bridgehead atoms. The van der Waals surface area contributed by atoms with E-state index in [9.17, 15) is 13.2 Å². The molecule has 2 aliphatic heterocycles. The second-order valence-electron chi connectivity index (χ2n) is 12.7. The molecule has 53 heavy (non-hydrogen) atoms. The Bertz CT molecular complexity index is 2130. The zero-order valence-electron chi connectivity index (χ0n) is 30.2. The van der Waals surface area contributed by atoms with Gasteiger partial charge in [-0.2, -0.15) is 0 Å². The highest BCUT2D eigenvalue weighted by molar-refractivity contribution is 7.89. The maximum Gasteiger partial charge on any atom is 0.326 e. The summed E-state index contributed by atoms with van der Waals surface area (Å²) in [7, 11) is -1.57. The Labute approximate surface area is 318 Å². The average molecular weight is 784 g/mol. The van der Waals surface area contributed by atoms with Crippen LogP contribution in [-0.2, 0) is 14.9 Å². The highest BCUT2D eigenvalue weighted by Gasteiger charge is 2.45. The SMILES string of the molecule is CCOc1cc(C)c(S(=O)(=O)N(C)OC)cc1C1=NC(c2ccc(Cl)cc2)C(c2ccc(Cl)cc2)N1C(=O)N1CCN(C(=O)c2c(C)noc2C)CC1. The fourth-order valence-corrected chi connectivity index (χ4v) is 8.14. The number of hydrogen-bond donors (Lipinski definition) is 0. The first kappa shape index (κ1) is 38.3. The molecule has 0 N–H and O–H groups in total. The van der Waals surface area contributed by atoms with Gasteiger partial charge in [-0.1, -0.05) is 57.1 Å². The van der Waals surface area contributed by atoms with Crippen LogP contribution in [0, 0.1) is 20.8 Å². The van der Waals surface area contributed by atoms with Gasteiger partial charge < -0.3 is 19.1 Å². The minimum atomic E-state index is -4.13. The van der Waals surface area contributed by atoms with Crippen LogP contribution in [0.2, 0.25) is 10.0 Å². The molecule has 0 spiro atoms. The van der Waals surface area contributed by atoms with Crippen LogP contribution >= 0.6 is 23.2 Å². The van der Waals surface area contributed by atoms with Crippen LogP contribution in [0.3, 0.4) is 0 Å². The number of urea groups is 1. The summed E-state index contributed by atoms with van der Waals surface area (Å²) >= 11 is 12.6. The minimum Gasteiger partial charge on any atom is -0.493 e. The first-order chi connectivity index (χ1) is 25.3. The van der Waals surface area contributed by atoms with Crippen molar-refractivity contribution >= 4 is 51.0 Å². The molecule has 2 unspecified atom stereocenters. The average Bonchev–Trinajstić information content (AvgIpc) is 3.70. The minimum absolute atomic E-state index is 0.0418. The van der Waals surface area contributed by atoms with Crippen LogP contribution in [0.25, 0.3) is 0 Å². The third kappa shape index (κ3) is 7.38. The molecule has 280 valence electrons. The lowest BCUT2D eigenvalue weighted by Crippen LogP contribution is -2.55. The molecule has 2 atom stereocenters.